The minimum Gasteiger partial charge on any atom is -0.494 e. The molecule has 0 aromatic heterocycles. The first kappa shape index (κ1) is 18.8. The standard InChI is InChI=1S/C18H19BrN2O4/c19-14-8-10-16(11-9-14)25-13-18(23)21-20-17(22)7-4-12-24-15-5-2-1-3-6-15/h1-3,5-6,8-11H,4,7,12-13H2,(H,20,22)(H,21,23). The Hall–Kier alpha value is -2.54. The van der Waals surface area contributed by atoms with E-state index in [4.69, 9.17) is 9.47 Å². The van der Waals surface area contributed by atoms with Crippen LogP contribution in [0.3, 0.4) is 0 Å². The Balaban J connectivity index is 1.54. The zero-order chi connectivity index (χ0) is 17.9. The third kappa shape index (κ3) is 7.71. The fourth-order valence-corrected chi connectivity index (χ4v) is 2.12. The summed E-state index contributed by atoms with van der Waals surface area (Å²) in [4.78, 5) is 23.3. The highest BCUT2D eigenvalue weighted by Gasteiger charge is 2.06. The molecule has 2 rings (SSSR count). The topological polar surface area (TPSA) is 76.7 Å². The summed E-state index contributed by atoms with van der Waals surface area (Å²) in [5.41, 5.74) is 4.65. The number of hydrazine groups is 1. The van der Waals surface area contributed by atoms with Crippen LogP contribution in [-0.2, 0) is 9.59 Å². The van der Waals surface area contributed by atoms with Crippen molar-refractivity contribution >= 4 is 27.7 Å². The number of nitrogens with one attached hydrogen (secondary N) is 2. The molecule has 0 unspecified atom stereocenters. The molecule has 6 nitrogen and oxygen atoms in total. The molecule has 0 heterocycles. The molecule has 2 aromatic carbocycles. The lowest BCUT2D eigenvalue weighted by molar-refractivity contribution is -0.130. The Morgan fingerprint density at radius 2 is 1.48 bits per heavy atom. The highest BCUT2D eigenvalue weighted by molar-refractivity contribution is 9.10. The third-order valence-electron chi connectivity index (χ3n) is 3.09. The summed E-state index contributed by atoms with van der Waals surface area (Å²) >= 11 is 3.31. The lowest BCUT2D eigenvalue weighted by Gasteiger charge is -2.09. The Bertz CT molecular complexity index is 677. The maximum absolute atomic E-state index is 11.6. The number of amides is 2. The monoisotopic (exact) mass is 406 g/mol. The average Bonchev–Trinajstić information content (AvgIpc) is 2.64. The van der Waals surface area contributed by atoms with Gasteiger partial charge in [-0.15, -0.1) is 0 Å². The molecule has 0 bridgehead atoms. The number of rotatable bonds is 8. The summed E-state index contributed by atoms with van der Waals surface area (Å²) < 4.78 is 11.7. The normalized spacial score (nSPS) is 9.96. The molecule has 0 aliphatic carbocycles. The van der Waals surface area contributed by atoms with Crippen LogP contribution in [0.1, 0.15) is 12.8 Å². The second-order valence-corrected chi connectivity index (χ2v) is 6.02. The number of carbonyl (C=O) groups is 2. The zero-order valence-electron chi connectivity index (χ0n) is 13.5. The molecule has 132 valence electrons. The van der Waals surface area contributed by atoms with Gasteiger partial charge in [-0.1, -0.05) is 34.1 Å². The molecule has 0 spiro atoms. The molecule has 0 aliphatic heterocycles. The Labute approximate surface area is 154 Å². The number of para-hydroxylation sites is 1. The van der Waals surface area contributed by atoms with Gasteiger partial charge in [0.2, 0.25) is 5.91 Å². The molecule has 0 fully saturated rings. The zero-order valence-corrected chi connectivity index (χ0v) is 15.1. The van der Waals surface area contributed by atoms with E-state index in [9.17, 15) is 9.59 Å². The first-order valence-corrected chi connectivity index (χ1v) is 8.56. The summed E-state index contributed by atoms with van der Waals surface area (Å²) in [6.07, 6.45) is 0.798. The second kappa shape index (κ2) is 10.4. The lowest BCUT2D eigenvalue weighted by Crippen LogP contribution is -2.43. The van der Waals surface area contributed by atoms with Crippen LogP contribution in [0.15, 0.2) is 59.1 Å². The van der Waals surface area contributed by atoms with Crippen molar-refractivity contribution in [1.82, 2.24) is 10.9 Å². The van der Waals surface area contributed by atoms with Gasteiger partial charge in [0, 0.05) is 10.9 Å². The minimum absolute atomic E-state index is 0.182. The minimum atomic E-state index is -0.434. The number of ether oxygens (including phenoxy) is 2. The van der Waals surface area contributed by atoms with Crippen molar-refractivity contribution in [2.45, 2.75) is 12.8 Å². The van der Waals surface area contributed by atoms with Gasteiger partial charge >= 0.3 is 0 Å². The van der Waals surface area contributed by atoms with Crippen LogP contribution in [0.5, 0.6) is 11.5 Å². The van der Waals surface area contributed by atoms with Gasteiger partial charge in [0.15, 0.2) is 6.61 Å². The number of halogens is 1. The highest BCUT2D eigenvalue weighted by atomic mass is 79.9. The predicted octanol–water partition coefficient (Wildman–Crippen LogP) is 2.83. The van der Waals surface area contributed by atoms with E-state index in [0.29, 0.717) is 18.8 Å². The summed E-state index contributed by atoms with van der Waals surface area (Å²) in [7, 11) is 0. The van der Waals surface area contributed by atoms with Gasteiger partial charge in [-0.25, -0.2) is 0 Å². The quantitative estimate of drug-likeness (QED) is 0.521. The average molecular weight is 407 g/mol. The maximum Gasteiger partial charge on any atom is 0.276 e. The number of hydrogen-bond donors (Lipinski definition) is 2. The molecule has 0 saturated carbocycles. The number of carbonyl (C=O) groups excluding carboxylic acids is 2. The van der Waals surface area contributed by atoms with E-state index in [1.165, 1.54) is 0 Å². The third-order valence-corrected chi connectivity index (χ3v) is 3.61. The van der Waals surface area contributed by atoms with Crippen molar-refractivity contribution in [2.24, 2.45) is 0 Å². The van der Waals surface area contributed by atoms with Gasteiger partial charge in [-0.3, -0.25) is 20.4 Å². The Morgan fingerprint density at radius 3 is 2.20 bits per heavy atom. The van der Waals surface area contributed by atoms with Gasteiger partial charge in [-0.2, -0.15) is 0 Å². The predicted molar refractivity (Wildman–Crippen MR) is 97.1 cm³/mol. The Kier molecular flexibility index (Phi) is 7.78. The highest BCUT2D eigenvalue weighted by Crippen LogP contribution is 2.15. The fraction of sp³-hybridized carbons (Fsp3) is 0.222. The molecule has 2 amide bonds. The van der Waals surface area contributed by atoms with Crippen LogP contribution in [0.25, 0.3) is 0 Å². The van der Waals surface area contributed by atoms with Crippen LogP contribution in [0, 0.1) is 0 Å². The van der Waals surface area contributed by atoms with Crippen molar-refractivity contribution in [1.29, 1.82) is 0 Å². The van der Waals surface area contributed by atoms with Gasteiger partial charge in [0.1, 0.15) is 11.5 Å². The SMILES string of the molecule is O=C(CCCOc1ccccc1)NNC(=O)COc1ccc(Br)cc1. The molecule has 0 atom stereocenters. The number of hydrogen-bond acceptors (Lipinski definition) is 4. The van der Waals surface area contributed by atoms with Crippen LogP contribution < -0.4 is 20.3 Å². The molecule has 0 saturated heterocycles. The van der Waals surface area contributed by atoms with E-state index in [0.717, 1.165) is 10.2 Å². The van der Waals surface area contributed by atoms with Crippen LogP contribution >= 0.6 is 15.9 Å². The molecule has 7 heteroatoms. The van der Waals surface area contributed by atoms with Crippen LogP contribution in [-0.4, -0.2) is 25.0 Å². The van der Waals surface area contributed by atoms with E-state index in [2.05, 4.69) is 26.8 Å². The molecule has 2 aromatic rings. The molecule has 0 radical (unpaired) electrons. The van der Waals surface area contributed by atoms with E-state index >= 15 is 0 Å². The molecule has 25 heavy (non-hydrogen) atoms. The van der Waals surface area contributed by atoms with Gasteiger partial charge < -0.3 is 9.47 Å². The molecular weight excluding hydrogens is 388 g/mol. The first-order chi connectivity index (χ1) is 12.1. The number of benzene rings is 2. The van der Waals surface area contributed by atoms with Crippen molar-refractivity contribution in [2.75, 3.05) is 13.2 Å². The van der Waals surface area contributed by atoms with Crippen molar-refractivity contribution < 1.29 is 19.1 Å². The summed E-state index contributed by atoms with van der Waals surface area (Å²) in [5.74, 6) is 0.620. The first-order valence-electron chi connectivity index (χ1n) is 7.77. The van der Waals surface area contributed by atoms with Crippen molar-refractivity contribution in [3.05, 3.63) is 59.1 Å². The van der Waals surface area contributed by atoms with Crippen molar-refractivity contribution in [3.8, 4) is 11.5 Å². The second-order valence-electron chi connectivity index (χ2n) is 5.10. The Morgan fingerprint density at radius 1 is 0.840 bits per heavy atom. The van der Waals surface area contributed by atoms with Gasteiger partial charge in [0.05, 0.1) is 6.61 Å². The van der Waals surface area contributed by atoms with Crippen LogP contribution in [0.4, 0.5) is 0 Å². The van der Waals surface area contributed by atoms with Gasteiger partial charge in [0.25, 0.3) is 5.91 Å². The van der Waals surface area contributed by atoms with E-state index in [1.54, 1.807) is 12.1 Å². The summed E-state index contributed by atoms with van der Waals surface area (Å²) in [6, 6.07) is 16.5. The largest absolute Gasteiger partial charge is 0.494 e. The fourth-order valence-electron chi connectivity index (χ4n) is 1.86. The molecule has 2 N–H and O–H groups in total. The van der Waals surface area contributed by atoms with E-state index < -0.39 is 5.91 Å². The van der Waals surface area contributed by atoms with Crippen molar-refractivity contribution in [3.63, 3.8) is 0 Å². The summed E-state index contributed by atoms with van der Waals surface area (Å²) in [5, 5.41) is 0. The van der Waals surface area contributed by atoms with Gasteiger partial charge in [-0.05, 0) is 42.8 Å². The molecular formula is C18H19BrN2O4. The molecule has 0 aliphatic rings. The maximum atomic E-state index is 11.6. The van der Waals surface area contributed by atoms with E-state index in [-0.39, 0.29) is 18.9 Å². The smallest absolute Gasteiger partial charge is 0.276 e. The van der Waals surface area contributed by atoms with Crippen LogP contribution in [0.2, 0.25) is 0 Å². The summed E-state index contributed by atoms with van der Waals surface area (Å²) in [6.45, 7) is 0.247. The lowest BCUT2D eigenvalue weighted by atomic mass is 10.3. The van der Waals surface area contributed by atoms with E-state index in [1.807, 2.05) is 42.5 Å².